The van der Waals surface area contributed by atoms with E-state index in [2.05, 4.69) is 11.3 Å². The predicted molar refractivity (Wildman–Crippen MR) is 41.9 cm³/mol. The Hall–Kier alpha value is -1.03. The fourth-order valence-electron chi connectivity index (χ4n) is 0.911. The van der Waals surface area contributed by atoms with Gasteiger partial charge in [-0.3, -0.25) is 0 Å². The van der Waals surface area contributed by atoms with Gasteiger partial charge in [0.25, 0.3) is 0 Å². The van der Waals surface area contributed by atoms with Crippen molar-refractivity contribution in [2.45, 2.75) is 12.5 Å². The SMILES string of the molecule is C=CC1(COCC)COC(=O)O1. The minimum atomic E-state index is -0.771. The molecule has 0 aromatic carbocycles. The zero-order valence-corrected chi connectivity index (χ0v) is 7.04. The number of carbonyl (C=O) groups excluding carboxylic acids is 1. The topological polar surface area (TPSA) is 44.8 Å². The molecule has 1 heterocycles. The second-order valence-corrected chi connectivity index (χ2v) is 2.55. The lowest BCUT2D eigenvalue weighted by atomic mass is 10.1. The molecule has 1 fully saturated rings. The van der Waals surface area contributed by atoms with Gasteiger partial charge in [0.15, 0.2) is 5.60 Å². The highest BCUT2D eigenvalue weighted by Crippen LogP contribution is 2.21. The van der Waals surface area contributed by atoms with Crippen LogP contribution in [0.4, 0.5) is 4.79 Å². The van der Waals surface area contributed by atoms with Crippen molar-refractivity contribution in [2.24, 2.45) is 0 Å². The van der Waals surface area contributed by atoms with E-state index in [0.29, 0.717) is 13.2 Å². The Morgan fingerprint density at radius 2 is 2.58 bits per heavy atom. The lowest BCUT2D eigenvalue weighted by Gasteiger charge is -2.19. The monoisotopic (exact) mass is 172 g/mol. The predicted octanol–water partition coefficient (Wildman–Crippen LogP) is 1.11. The first-order valence-electron chi connectivity index (χ1n) is 3.79. The Kier molecular flexibility index (Phi) is 2.70. The quantitative estimate of drug-likeness (QED) is 0.470. The van der Waals surface area contributed by atoms with Crippen LogP contribution in [0.5, 0.6) is 0 Å². The molecule has 0 aliphatic carbocycles. The molecule has 0 amide bonds. The van der Waals surface area contributed by atoms with E-state index in [1.807, 2.05) is 6.92 Å². The summed E-state index contributed by atoms with van der Waals surface area (Å²) in [7, 11) is 0. The third-order valence-corrected chi connectivity index (χ3v) is 1.64. The van der Waals surface area contributed by atoms with Gasteiger partial charge in [0, 0.05) is 6.61 Å². The van der Waals surface area contributed by atoms with E-state index in [1.54, 1.807) is 0 Å². The van der Waals surface area contributed by atoms with Gasteiger partial charge in [-0.25, -0.2) is 4.79 Å². The van der Waals surface area contributed by atoms with Gasteiger partial charge in [-0.1, -0.05) is 6.58 Å². The van der Waals surface area contributed by atoms with E-state index in [4.69, 9.17) is 9.47 Å². The summed E-state index contributed by atoms with van der Waals surface area (Å²) in [5, 5.41) is 0. The van der Waals surface area contributed by atoms with E-state index < -0.39 is 11.8 Å². The van der Waals surface area contributed by atoms with Crippen molar-refractivity contribution in [2.75, 3.05) is 19.8 Å². The third-order valence-electron chi connectivity index (χ3n) is 1.64. The second-order valence-electron chi connectivity index (χ2n) is 2.55. The highest BCUT2D eigenvalue weighted by atomic mass is 16.8. The van der Waals surface area contributed by atoms with Gasteiger partial charge < -0.3 is 14.2 Å². The van der Waals surface area contributed by atoms with Gasteiger partial charge in [-0.2, -0.15) is 0 Å². The molecule has 0 spiro atoms. The van der Waals surface area contributed by atoms with Crippen LogP contribution < -0.4 is 0 Å². The molecule has 0 N–H and O–H groups in total. The number of ether oxygens (including phenoxy) is 3. The van der Waals surface area contributed by atoms with Crippen LogP contribution in [-0.2, 0) is 14.2 Å². The van der Waals surface area contributed by atoms with Crippen LogP contribution in [0.2, 0.25) is 0 Å². The fraction of sp³-hybridized carbons (Fsp3) is 0.625. The van der Waals surface area contributed by atoms with E-state index in [0.717, 1.165) is 0 Å². The van der Waals surface area contributed by atoms with Crippen molar-refractivity contribution in [1.82, 2.24) is 0 Å². The maximum Gasteiger partial charge on any atom is 0.509 e. The summed E-state index contributed by atoms with van der Waals surface area (Å²) in [6.45, 7) is 6.51. The van der Waals surface area contributed by atoms with Crippen molar-refractivity contribution in [1.29, 1.82) is 0 Å². The number of carbonyl (C=O) groups is 1. The molecule has 1 aliphatic heterocycles. The summed E-state index contributed by atoms with van der Waals surface area (Å²) in [4.78, 5) is 10.6. The zero-order chi connectivity index (χ0) is 9.03. The number of cyclic esters (lactones) is 2. The summed E-state index contributed by atoms with van der Waals surface area (Å²) < 4.78 is 14.7. The van der Waals surface area contributed by atoms with Crippen molar-refractivity contribution in [3.05, 3.63) is 12.7 Å². The molecule has 0 aromatic heterocycles. The maximum absolute atomic E-state index is 10.6. The smallest absolute Gasteiger partial charge is 0.430 e. The lowest BCUT2D eigenvalue weighted by molar-refractivity contribution is 0.00717. The van der Waals surface area contributed by atoms with Crippen LogP contribution in [0, 0.1) is 0 Å². The van der Waals surface area contributed by atoms with Crippen molar-refractivity contribution >= 4 is 6.16 Å². The van der Waals surface area contributed by atoms with E-state index in [9.17, 15) is 4.79 Å². The van der Waals surface area contributed by atoms with Crippen LogP contribution in [0.3, 0.4) is 0 Å². The molecule has 4 heteroatoms. The van der Waals surface area contributed by atoms with Crippen LogP contribution in [-0.4, -0.2) is 31.6 Å². The molecular formula is C8H12O4. The van der Waals surface area contributed by atoms with E-state index in [1.165, 1.54) is 6.08 Å². The first-order valence-corrected chi connectivity index (χ1v) is 3.79. The van der Waals surface area contributed by atoms with Crippen molar-refractivity contribution in [3.8, 4) is 0 Å². The average Bonchev–Trinajstić information content (AvgIpc) is 2.45. The summed E-state index contributed by atoms with van der Waals surface area (Å²) >= 11 is 0. The van der Waals surface area contributed by atoms with Gasteiger partial charge in [0.1, 0.15) is 6.61 Å². The van der Waals surface area contributed by atoms with Crippen LogP contribution in [0.15, 0.2) is 12.7 Å². The van der Waals surface area contributed by atoms with Gasteiger partial charge in [0.2, 0.25) is 0 Å². The maximum atomic E-state index is 10.6. The fourth-order valence-corrected chi connectivity index (χ4v) is 0.911. The summed E-state index contributed by atoms with van der Waals surface area (Å²) in [5.74, 6) is 0. The summed E-state index contributed by atoms with van der Waals surface area (Å²) in [6, 6.07) is 0. The number of hydrogen-bond acceptors (Lipinski definition) is 4. The molecule has 1 aliphatic rings. The molecule has 0 bridgehead atoms. The average molecular weight is 172 g/mol. The molecule has 1 atom stereocenters. The second kappa shape index (κ2) is 3.58. The Labute approximate surface area is 71.1 Å². The van der Waals surface area contributed by atoms with Gasteiger partial charge in [-0.05, 0) is 13.0 Å². The molecule has 0 aromatic rings. The zero-order valence-electron chi connectivity index (χ0n) is 7.04. The van der Waals surface area contributed by atoms with Gasteiger partial charge in [0.05, 0.1) is 6.61 Å². The standard InChI is InChI=1S/C8H12O4/c1-3-8(5-10-4-2)6-11-7(9)12-8/h3H,1,4-6H2,2H3. The minimum absolute atomic E-state index is 0.190. The van der Waals surface area contributed by atoms with Crippen molar-refractivity contribution in [3.63, 3.8) is 0 Å². The lowest BCUT2D eigenvalue weighted by Crippen LogP contribution is -2.34. The minimum Gasteiger partial charge on any atom is -0.430 e. The highest BCUT2D eigenvalue weighted by Gasteiger charge is 2.39. The molecule has 1 unspecified atom stereocenters. The van der Waals surface area contributed by atoms with Gasteiger partial charge in [-0.15, -0.1) is 0 Å². The van der Waals surface area contributed by atoms with E-state index >= 15 is 0 Å². The third kappa shape index (κ3) is 1.76. The normalized spacial score (nSPS) is 27.9. The molecule has 4 nitrogen and oxygen atoms in total. The molecular weight excluding hydrogens is 160 g/mol. The van der Waals surface area contributed by atoms with Crippen molar-refractivity contribution < 1.29 is 19.0 Å². The molecule has 1 saturated heterocycles. The highest BCUT2D eigenvalue weighted by molar-refractivity contribution is 5.63. The molecule has 1 rings (SSSR count). The van der Waals surface area contributed by atoms with Crippen LogP contribution >= 0.6 is 0 Å². The Morgan fingerprint density at radius 1 is 1.83 bits per heavy atom. The first-order chi connectivity index (χ1) is 5.72. The van der Waals surface area contributed by atoms with Crippen LogP contribution in [0.25, 0.3) is 0 Å². The number of hydrogen-bond donors (Lipinski definition) is 0. The Morgan fingerprint density at radius 3 is 3.00 bits per heavy atom. The molecule has 12 heavy (non-hydrogen) atoms. The van der Waals surface area contributed by atoms with E-state index in [-0.39, 0.29) is 6.61 Å². The molecule has 68 valence electrons. The number of rotatable bonds is 4. The molecule has 0 saturated carbocycles. The molecule has 0 radical (unpaired) electrons. The summed E-state index contributed by atoms with van der Waals surface area (Å²) in [6.07, 6.45) is 0.878. The van der Waals surface area contributed by atoms with Gasteiger partial charge >= 0.3 is 6.16 Å². The Balaban J connectivity index is 2.52. The van der Waals surface area contributed by atoms with Crippen LogP contribution in [0.1, 0.15) is 6.92 Å². The first kappa shape index (κ1) is 9.06. The Bertz CT molecular complexity index is 189. The largest absolute Gasteiger partial charge is 0.509 e. The summed E-state index contributed by atoms with van der Waals surface area (Å²) in [5.41, 5.74) is -0.771.